The van der Waals surface area contributed by atoms with Gasteiger partial charge in [0.25, 0.3) is 5.91 Å². The first-order valence-electron chi connectivity index (χ1n) is 9.02. The Morgan fingerprint density at radius 3 is 2.19 bits per heavy atom. The van der Waals surface area contributed by atoms with Gasteiger partial charge in [-0.25, -0.2) is 4.79 Å². The van der Waals surface area contributed by atoms with Crippen LogP contribution in [-0.4, -0.2) is 55.3 Å². The number of para-hydroxylation sites is 1. The number of benzene rings is 2. The van der Waals surface area contributed by atoms with E-state index in [0.717, 1.165) is 23.7 Å². The lowest BCUT2D eigenvalue weighted by molar-refractivity contribution is -0.140. The topological polar surface area (TPSA) is 49.9 Å². The summed E-state index contributed by atoms with van der Waals surface area (Å²) in [7, 11) is 0. The van der Waals surface area contributed by atoms with Crippen LogP contribution >= 0.6 is 11.8 Å². The van der Waals surface area contributed by atoms with Gasteiger partial charge in [0.15, 0.2) is 6.10 Å². The van der Waals surface area contributed by atoms with Gasteiger partial charge in [0.2, 0.25) is 0 Å². The number of hydrogen-bond donors (Lipinski definition) is 0. The summed E-state index contributed by atoms with van der Waals surface area (Å²) in [6.45, 7) is 4.43. The van der Waals surface area contributed by atoms with Gasteiger partial charge in [-0.3, -0.25) is 4.79 Å². The van der Waals surface area contributed by atoms with Gasteiger partial charge in [-0.2, -0.15) is 0 Å². The fourth-order valence-corrected chi connectivity index (χ4v) is 3.50. The Hall–Kier alpha value is -2.47. The SMILES string of the molecule is CSc1ccc(C(=O)O[C@@H](C)C(=O)N2CCN(c3ccccc3)CC2)cc1. The first-order chi connectivity index (χ1) is 13.1. The van der Waals surface area contributed by atoms with Crippen molar-refractivity contribution in [2.75, 3.05) is 37.3 Å². The molecule has 0 N–H and O–H groups in total. The van der Waals surface area contributed by atoms with E-state index >= 15 is 0 Å². The largest absolute Gasteiger partial charge is 0.449 e. The number of carbonyl (C=O) groups excluding carboxylic acids is 2. The van der Waals surface area contributed by atoms with E-state index in [1.807, 2.05) is 36.6 Å². The highest BCUT2D eigenvalue weighted by atomic mass is 32.2. The number of piperazine rings is 1. The van der Waals surface area contributed by atoms with E-state index in [9.17, 15) is 9.59 Å². The average molecular weight is 385 g/mol. The molecule has 5 nitrogen and oxygen atoms in total. The quantitative estimate of drug-likeness (QED) is 0.585. The molecule has 1 atom stereocenters. The van der Waals surface area contributed by atoms with Crippen molar-refractivity contribution in [2.45, 2.75) is 17.9 Å². The van der Waals surface area contributed by atoms with Crippen molar-refractivity contribution >= 4 is 29.3 Å². The van der Waals surface area contributed by atoms with Gasteiger partial charge < -0.3 is 14.5 Å². The van der Waals surface area contributed by atoms with Crippen LogP contribution < -0.4 is 4.90 Å². The molecule has 0 bridgehead atoms. The summed E-state index contributed by atoms with van der Waals surface area (Å²) in [5.74, 6) is -0.608. The molecule has 0 saturated carbocycles. The first-order valence-corrected chi connectivity index (χ1v) is 10.2. The second-order valence-electron chi connectivity index (χ2n) is 6.42. The standard InChI is InChI=1S/C21H24N2O3S/c1-16(26-21(25)17-8-10-19(27-2)11-9-17)20(24)23-14-12-22(13-15-23)18-6-4-3-5-7-18/h3-11,16H,12-15H2,1-2H3/t16-/m0/s1. The molecule has 0 aliphatic carbocycles. The number of thioether (sulfide) groups is 1. The first kappa shape index (κ1) is 19.3. The highest BCUT2D eigenvalue weighted by Gasteiger charge is 2.27. The molecule has 1 aliphatic heterocycles. The number of rotatable bonds is 5. The number of nitrogens with zero attached hydrogens (tertiary/aromatic N) is 2. The van der Waals surface area contributed by atoms with Gasteiger partial charge in [0.05, 0.1) is 5.56 Å². The zero-order valence-corrected chi connectivity index (χ0v) is 16.4. The summed E-state index contributed by atoms with van der Waals surface area (Å²) in [4.78, 5) is 30.0. The zero-order valence-electron chi connectivity index (χ0n) is 15.6. The molecule has 0 aromatic heterocycles. The lowest BCUT2D eigenvalue weighted by Gasteiger charge is -2.37. The van der Waals surface area contributed by atoms with Crippen LogP contribution in [0.5, 0.6) is 0 Å². The van der Waals surface area contributed by atoms with Gasteiger partial charge in [0.1, 0.15) is 0 Å². The molecule has 0 radical (unpaired) electrons. The Morgan fingerprint density at radius 2 is 1.59 bits per heavy atom. The van der Waals surface area contributed by atoms with E-state index in [-0.39, 0.29) is 5.91 Å². The summed E-state index contributed by atoms with van der Waals surface area (Å²) in [6.07, 6.45) is 1.19. The lowest BCUT2D eigenvalue weighted by atomic mass is 10.2. The van der Waals surface area contributed by atoms with Crippen molar-refractivity contribution in [3.63, 3.8) is 0 Å². The van der Waals surface area contributed by atoms with E-state index in [1.165, 1.54) is 0 Å². The van der Waals surface area contributed by atoms with Crippen LogP contribution in [0.25, 0.3) is 0 Å². The maximum atomic E-state index is 12.6. The van der Waals surface area contributed by atoms with Gasteiger partial charge >= 0.3 is 5.97 Å². The van der Waals surface area contributed by atoms with Crippen molar-refractivity contribution in [3.8, 4) is 0 Å². The minimum Gasteiger partial charge on any atom is -0.449 e. The normalized spacial score (nSPS) is 15.3. The molecule has 1 saturated heterocycles. The van der Waals surface area contributed by atoms with Gasteiger partial charge in [-0.15, -0.1) is 11.8 Å². The molecule has 27 heavy (non-hydrogen) atoms. The monoisotopic (exact) mass is 384 g/mol. The molecule has 1 aliphatic rings. The number of carbonyl (C=O) groups is 2. The Kier molecular flexibility index (Phi) is 6.40. The second-order valence-corrected chi connectivity index (χ2v) is 7.30. The van der Waals surface area contributed by atoms with Gasteiger partial charge in [-0.1, -0.05) is 18.2 Å². The van der Waals surface area contributed by atoms with E-state index in [2.05, 4.69) is 17.0 Å². The average Bonchev–Trinajstić information content (AvgIpc) is 2.74. The van der Waals surface area contributed by atoms with Crippen LogP contribution in [0.1, 0.15) is 17.3 Å². The molecule has 2 aromatic rings. The molecule has 1 amide bonds. The van der Waals surface area contributed by atoms with Crippen molar-refractivity contribution in [2.24, 2.45) is 0 Å². The molecule has 0 unspecified atom stereocenters. The molecule has 2 aromatic carbocycles. The highest BCUT2D eigenvalue weighted by Crippen LogP contribution is 2.18. The van der Waals surface area contributed by atoms with E-state index in [0.29, 0.717) is 18.7 Å². The molecule has 3 rings (SSSR count). The highest BCUT2D eigenvalue weighted by molar-refractivity contribution is 7.98. The predicted molar refractivity (Wildman–Crippen MR) is 108 cm³/mol. The van der Waals surface area contributed by atoms with Crippen molar-refractivity contribution in [1.82, 2.24) is 4.90 Å². The van der Waals surface area contributed by atoms with Gasteiger partial charge in [0, 0.05) is 36.8 Å². The second kappa shape index (κ2) is 8.95. The fourth-order valence-electron chi connectivity index (χ4n) is 3.09. The van der Waals surface area contributed by atoms with Crippen LogP contribution in [0.2, 0.25) is 0 Å². The molecule has 1 heterocycles. The number of esters is 1. The molecule has 0 spiro atoms. The Bertz CT molecular complexity index is 772. The van der Waals surface area contributed by atoms with Crippen molar-refractivity contribution in [1.29, 1.82) is 0 Å². The summed E-state index contributed by atoms with van der Waals surface area (Å²) in [6, 6.07) is 17.4. The van der Waals surface area contributed by atoms with Crippen LogP contribution in [0.15, 0.2) is 59.5 Å². The van der Waals surface area contributed by atoms with Crippen LogP contribution in [0, 0.1) is 0 Å². The number of ether oxygens (including phenoxy) is 1. The van der Waals surface area contributed by atoms with E-state index in [1.54, 1.807) is 35.7 Å². The molecular weight excluding hydrogens is 360 g/mol. The summed E-state index contributed by atoms with van der Waals surface area (Å²) >= 11 is 1.61. The molecular formula is C21H24N2O3S. The summed E-state index contributed by atoms with van der Waals surface area (Å²) in [5, 5.41) is 0. The third-order valence-corrected chi connectivity index (χ3v) is 5.41. The number of amides is 1. The Morgan fingerprint density at radius 1 is 0.963 bits per heavy atom. The lowest BCUT2D eigenvalue weighted by Crippen LogP contribution is -2.51. The van der Waals surface area contributed by atoms with E-state index in [4.69, 9.17) is 4.74 Å². The maximum absolute atomic E-state index is 12.6. The number of anilines is 1. The third-order valence-electron chi connectivity index (χ3n) is 4.67. The van der Waals surface area contributed by atoms with Crippen LogP contribution in [0.4, 0.5) is 5.69 Å². The smallest absolute Gasteiger partial charge is 0.338 e. The molecule has 6 heteroatoms. The fraction of sp³-hybridized carbons (Fsp3) is 0.333. The summed E-state index contributed by atoms with van der Waals surface area (Å²) in [5.41, 5.74) is 1.62. The van der Waals surface area contributed by atoms with Crippen LogP contribution in [-0.2, 0) is 9.53 Å². The predicted octanol–water partition coefficient (Wildman–Crippen LogP) is 3.30. The third kappa shape index (κ3) is 4.83. The number of hydrogen-bond acceptors (Lipinski definition) is 5. The molecule has 1 fully saturated rings. The minimum atomic E-state index is -0.791. The van der Waals surface area contributed by atoms with Gasteiger partial charge in [-0.05, 0) is 49.6 Å². The maximum Gasteiger partial charge on any atom is 0.338 e. The zero-order chi connectivity index (χ0) is 19.2. The van der Waals surface area contributed by atoms with E-state index < -0.39 is 12.1 Å². The van der Waals surface area contributed by atoms with Crippen molar-refractivity contribution in [3.05, 3.63) is 60.2 Å². The minimum absolute atomic E-state index is 0.142. The Balaban J connectivity index is 1.52. The summed E-state index contributed by atoms with van der Waals surface area (Å²) < 4.78 is 5.39. The molecule has 142 valence electrons. The Labute approximate surface area is 164 Å². The van der Waals surface area contributed by atoms with Crippen LogP contribution in [0.3, 0.4) is 0 Å². The van der Waals surface area contributed by atoms with Crippen molar-refractivity contribution < 1.29 is 14.3 Å².